The van der Waals surface area contributed by atoms with Crippen LogP contribution in [-0.4, -0.2) is 65.3 Å². The number of hydrogen-bond donors (Lipinski definition) is 1. The van der Waals surface area contributed by atoms with Gasteiger partial charge in [-0.25, -0.2) is 0 Å². The molecule has 0 saturated carbocycles. The van der Waals surface area contributed by atoms with Crippen molar-refractivity contribution in [2.24, 2.45) is 11.8 Å². The fourth-order valence-corrected chi connectivity index (χ4v) is 7.44. The first-order valence-electron chi connectivity index (χ1n) is 15.3. The van der Waals surface area contributed by atoms with Crippen molar-refractivity contribution < 1.29 is 29.0 Å². The minimum atomic E-state index is -1.23. The molecule has 2 unspecified atom stereocenters. The third-order valence-corrected chi connectivity index (χ3v) is 9.36. The minimum absolute atomic E-state index is 0.198. The molecule has 0 aromatic heterocycles. The second-order valence-electron chi connectivity index (χ2n) is 11.8. The lowest BCUT2D eigenvalue weighted by atomic mass is 9.70. The Bertz CT molecular complexity index is 1570. The molecule has 3 aromatic rings. The number of carbonyl (C=O) groups is 3. The highest BCUT2D eigenvalue weighted by Gasteiger charge is 2.75. The number of ether oxygens (including phenoxy) is 2. The highest BCUT2D eigenvalue weighted by Crippen LogP contribution is 2.60. The first kappa shape index (κ1) is 29.8. The van der Waals surface area contributed by atoms with Crippen LogP contribution in [0.1, 0.15) is 37.3 Å². The van der Waals surface area contributed by atoms with E-state index in [1.165, 1.54) is 4.90 Å². The van der Waals surface area contributed by atoms with Gasteiger partial charge in [0.1, 0.15) is 11.6 Å². The van der Waals surface area contributed by atoms with Crippen LogP contribution in [0.4, 0.5) is 5.69 Å². The highest BCUT2D eigenvalue weighted by molar-refractivity contribution is 6.05. The van der Waals surface area contributed by atoms with Crippen molar-refractivity contribution in [1.82, 2.24) is 4.90 Å². The number of carbonyl (C=O) groups excluding carboxylic acids is 3. The second-order valence-corrected chi connectivity index (χ2v) is 11.8. The van der Waals surface area contributed by atoms with Crippen LogP contribution in [0, 0.1) is 11.8 Å². The summed E-state index contributed by atoms with van der Waals surface area (Å²) in [5.74, 6) is -2.93. The Hall–Kier alpha value is -4.27. The fraction of sp³-hybridized carbons (Fsp3) is 0.361. The number of aliphatic hydroxyl groups is 1. The third kappa shape index (κ3) is 4.92. The quantitative estimate of drug-likeness (QED) is 0.181. The number of benzene rings is 3. The first-order valence-corrected chi connectivity index (χ1v) is 15.3. The van der Waals surface area contributed by atoms with E-state index in [4.69, 9.17) is 9.47 Å². The molecule has 3 aromatic carbocycles. The van der Waals surface area contributed by atoms with Gasteiger partial charge < -0.3 is 24.4 Å². The van der Waals surface area contributed by atoms with Gasteiger partial charge in [-0.15, -0.1) is 13.2 Å². The summed E-state index contributed by atoms with van der Waals surface area (Å²) in [7, 11) is 0. The van der Waals surface area contributed by atoms with E-state index < -0.39 is 48.2 Å². The van der Waals surface area contributed by atoms with Crippen LogP contribution in [0.2, 0.25) is 0 Å². The normalized spacial score (nSPS) is 25.9. The largest absolute Gasteiger partial charge is 0.465 e. The number of aliphatic hydroxyl groups excluding tert-OH is 1. The van der Waals surface area contributed by atoms with Crippen LogP contribution in [0.25, 0.3) is 10.8 Å². The lowest BCUT2D eigenvalue weighted by Gasteiger charge is -2.39. The van der Waals surface area contributed by atoms with Crippen molar-refractivity contribution in [2.45, 2.75) is 49.5 Å². The number of fused-ring (bicyclic) bond motifs is 2. The maximum Gasteiger partial charge on any atom is 0.312 e. The molecule has 0 radical (unpaired) electrons. The van der Waals surface area contributed by atoms with Gasteiger partial charge in [0, 0.05) is 12.2 Å². The van der Waals surface area contributed by atoms with Crippen molar-refractivity contribution in [3.8, 4) is 0 Å². The molecular formula is C36H38N2O6. The lowest BCUT2D eigenvalue weighted by Crippen LogP contribution is -2.57. The maximum absolute atomic E-state index is 14.9. The van der Waals surface area contributed by atoms with Gasteiger partial charge in [0.05, 0.1) is 37.2 Å². The Balaban J connectivity index is 1.43. The van der Waals surface area contributed by atoms with Crippen molar-refractivity contribution in [3.05, 3.63) is 104 Å². The lowest BCUT2D eigenvalue weighted by molar-refractivity contribution is -0.156. The summed E-state index contributed by atoms with van der Waals surface area (Å²) in [6.07, 6.45) is 5.20. The summed E-state index contributed by atoms with van der Waals surface area (Å²) >= 11 is 0. The van der Waals surface area contributed by atoms with Gasteiger partial charge in [-0.05, 0) is 54.2 Å². The SMILES string of the molecule is C=CCCCOC(=O)[C@@H]1[C@H]2C(=O)N([C@H](CO)c3ccccc3)C(C(=O)N(CC=C)c3ccc4ccccc4c3)C23CC[C@H]1O3. The number of rotatable bonds is 12. The molecule has 3 heterocycles. The van der Waals surface area contributed by atoms with Gasteiger partial charge in [0.15, 0.2) is 0 Å². The maximum atomic E-state index is 14.9. The Morgan fingerprint density at radius 2 is 1.82 bits per heavy atom. The predicted octanol–water partition coefficient (Wildman–Crippen LogP) is 4.98. The van der Waals surface area contributed by atoms with E-state index >= 15 is 0 Å². The molecule has 8 nitrogen and oxygen atoms in total. The van der Waals surface area contributed by atoms with E-state index in [1.807, 2.05) is 72.8 Å². The molecule has 1 N–H and O–H groups in total. The summed E-state index contributed by atoms with van der Waals surface area (Å²) in [6.45, 7) is 7.63. The monoisotopic (exact) mass is 594 g/mol. The summed E-state index contributed by atoms with van der Waals surface area (Å²) < 4.78 is 12.2. The minimum Gasteiger partial charge on any atom is -0.465 e. The van der Waals surface area contributed by atoms with E-state index in [9.17, 15) is 19.5 Å². The average molecular weight is 595 g/mol. The molecular weight excluding hydrogens is 556 g/mol. The van der Waals surface area contributed by atoms with Gasteiger partial charge in [0.2, 0.25) is 5.91 Å². The van der Waals surface area contributed by atoms with E-state index in [2.05, 4.69) is 13.2 Å². The number of hydrogen-bond acceptors (Lipinski definition) is 6. The van der Waals surface area contributed by atoms with Crippen molar-refractivity contribution in [3.63, 3.8) is 0 Å². The molecule has 44 heavy (non-hydrogen) atoms. The molecule has 0 aliphatic carbocycles. The molecule has 3 fully saturated rings. The van der Waals surface area contributed by atoms with Crippen molar-refractivity contribution >= 4 is 34.2 Å². The van der Waals surface area contributed by atoms with Crippen LogP contribution < -0.4 is 4.90 Å². The first-order chi connectivity index (χ1) is 21.4. The molecule has 228 valence electrons. The van der Waals surface area contributed by atoms with Gasteiger partial charge in [0.25, 0.3) is 5.91 Å². The average Bonchev–Trinajstić information content (AvgIpc) is 3.70. The number of likely N-dealkylation sites (tertiary alicyclic amines) is 1. The van der Waals surface area contributed by atoms with Gasteiger partial charge >= 0.3 is 5.97 Å². The van der Waals surface area contributed by atoms with E-state index in [0.29, 0.717) is 36.9 Å². The molecule has 1 spiro atoms. The summed E-state index contributed by atoms with van der Waals surface area (Å²) in [5, 5.41) is 12.7. The van der Waals surface area contributed by atoms with E-state index in [1.54, 1.807) is 17.1 Å². The smallest absolute Gasteiger partial charge is 0.312 e. The molecule has 3 saturated heterocycles. The Kier molecular flexibility index (Phi) is 8.38. The Morgan fingerprint density at radius 1 is 1.07 bits per heavy atom. The highest BCUT2D eigenvalue weighted by atomic mass is 16.6. The molecule has 3 aliphatic heterocycles. The topological polar surface area (TPSA) is 96.4 Å². The second kappa shape index (κ2) is 12.4. The molecule has 8 heteroatoms. The van der Waals surface area contributed by atoms with Gasteiger partial charge in [-0.2, -0.15) is 0 Å². The fourth-order valence-electron chi connectivity index (χ4n) is 7.44. The predicted molar refractivity (Wildman–Crippen MR) is 168 cm³/mol. The zero-order chi connectivity index (χ0) is 30.8. The molecule has 6 rings (SSSR count). The number of unbranched alkanes of at least 4 members (excludes halogenated alkanes) is 1. The van der Waals surface area contributed by atoms with E-state index in [-0.39, 0.29) is 25.0 Å². The third-order valence-electron chi connectivity index (χ3n) is 9.36. The van der Waals surface area contributed by atoms with Crippen molar-refractivity contribution in [2.75, 3.05) is 24.7 Å². The van der Waals surface area contributed by atoms with Gasteiger partial charge in [-0.3, -0.25) is 14.4 Å². The van der Waals surface area contributed by atoms with E-state index in [0.717, 1.165) is 10.8 Å². The molecule has 3 aliphatic rings. The van der Waals surface area contributed by atoms with Crippen molar-refractivity contribution in [1.29, 1.82) is 0 Å². The van der Waals surface area contributed by atoms with Crippen LogP contribution in [0.5, 0.6) is 0 Å². The number of anilines is 1. The van der Waals surface area contributed by atoms with Crippen LogP contribution >= 0.6 is 0 Å². The Morgan fingerprint density at radius 3 is 2.55 bits per heavy atom. The van der Waals surface area contributed by atoms with Crippen LogP contribution in [0.3, 0.4) is 0 Å². The summed E-state index contributed by atoms with van der Waals surface area (Å²) in [4.78, 5) is 46.1. The number of esters is 1. The molecule has 2 bridgehead atoms. The zero-order valence-electron chi connectivity index (χ0n) is 24.7. The van der Waals surface area contributed by atoms with Crippen LogP contribution in [0.15, 0.2) is 98.1 Å². The zero-order valence-corrected chi connectivity index (χ0v) is 24.7. The number of amides is 2. The molecule has 2 amide bonds. The Labute approximate surface area is 257 Å². The van der Waals surface area contributed by atoms with Crippen LogP contribution in [-0.2, 0) is 23.9 Å². The summed E-state index contributed by atoms with van der Waals surface area (Å²) in [6, 6.07) is 21.0. The molecule has 6 atom stereocenters. The summed E-state index contributed by atoms with van der Waals surface area (Å²) in [5.41, 5.74) is 0.116. The number of allylic oxidation sites excluding steroid dienone is 1. The van der Waals surface area contributed by atoms with Gasteiger partial charge in [-0.1, -0.05) is 72.8 Å². The number of nitrogens with zero attached hydrogens (tertiary/aromatic N) is 2. The standard InChI is InChI=1S/C36H38N2O6/c1-3-5-11-21-43-35(42)30-29-18-19-36(44-29)31(30)33(40)38(28(23-39)25-13-7-6-8-14-25)32(36)34(41)37(20-4-2)27-17-16-24-12-9-10-15-26(24)22-27/h3-4,6-10,12-17,22,28-32,39H,1-2,5,11,18-21,23H2/t28-,29-,30+,31+,32?,36?/m1/s1.